The third-order valence-electron chi connectivity index (χ3n) is 2.42. The number of carbonyl (C=O) groups is 1. The molecule has 0 saturated carbocycles. The van der Waals surface area contributed by atoms with Gasteiger partial charge in [0.25, 0.3) is 0 Å². The second-order valence-electron chi connectivity index (χ2n) is 4.00. The van der Waals surface area contributed by atoms with Gasteiger partial charge in [-0.1, -0.05) is 12.1 Å². The molecule has 116 valence electrons. The molecule has 0 unspecified atom stereocenters. The number of rotatable bonds is 7. The normalized spacial score (nSPS) is 12.3. The van der Waals surface area contributed by atoms with Crippen LogP contribution in [0.15, 0.2) is 46.7 Å². The molecule has 0 aliphatic carbocycles. The van der Waals surface area contributed by atoms with Gasteiger partial charge in [-0.25, -0.2) is 22.0 Å². The number of benzene rings is 1. The van der Waals surface area contributed by atoms with Crippen LogP contribution in [0.25, 0.3) is 0 Å². The van der Waals surface area contributed by atoms with Gasteiger partial charge in [0, 0.05) is 6.54 Å². The van der Waals surface area contributed by atoms with E-state index in [4.69, 9.17) is 10.2 Å². The number of carboxylic acid groups (broad SMARTS) is 1. The van der Waals surface area contributed by atoms with E-state index in [1.165, 1.54) is 12.1 Å². The molecule has 10 heteroatoms. The van der Waals surface area contributed by atoms with Gasteiger partial charge in [-0.15, -0.1) is 6.58 Å². The maximum atomic E-state index is 12.3. The summed E-state index contributed by atoms with van der Waals surface area (Å²) >= 11 is 0. The molecule has 0 amide bonds. The van der Waals surface area contributed by atoms with Crippen molar-refractivity contribution in [1.29, 1.82) is 0 Å². The van der Waals surface area contributed by atoms with Gasteiger partial charge in [-0.3, -0.25) is 4.79 Å². The molecule has 0 atom stereocenters. The molecule has 0 aliphatic rings. The summed E-state index contributed by atoms with van der Waals surface area (Å²) in [5.41, 5.74) is 0. The fourth-order valence-electron chi connectivity index (χ4n) is 1.50. The van der Waals surface area contributed by atoms with Crippen molar-refractivity contribution < 1.29 is 26.7 Å². The summed E-state index contributed by atoms with van der Waals surface area (Å²) in [5, 5.41) is 13.7. The highest BCUT2D eigenvalue weighted by molar-refractivity contribution is 7.90. The topological polar surface area (TPSA) is 135 Å². The van der Waals surface area contributed by atoms with Crippen LogP contribution < -0.4 is 5.14 Å². The van der Waals surface area contributed by atoms with E-state index < -0.39 is 32.6 Å². The summed E-state index contributed by atoms with van der Waals surface area (Å²) in [5.74, 6) is -1.34. The standard InChI is InChI=1S/C11H14N2O6S2/c1-2-6-13(8-11(14)15)21(18,19)10-5-3-4-9(7-10)20(12,16)17/h2-5,7H,1,6,8H2,(H,14,15)(H2,12,16,17). The minimum absolute atomic E-state index is 0.228. The van der Waals surface area contributed by atoms with E-state index in [1.54, 1.807) is 0 Å². The average molecular weight is 334 g/mol. The Bertz CT molecular complexity index is 755. The first kappa shape index (κ1) is 17.3. The first-order chi connectivity index (χ1) is 9.59. The smallest absolute Gasteiger partial charge is 0.318 e. The molecule has 0 radical (unpaired) electrons. The highest BCUT2D eigenvalue weighted by atomic mass is 32.2. The first-order valence-corrected chi connectivity index (χ1v) is 8.53. The van der Waals surface area contributed by atoms with Crippen molar-refractivity contribution >= 4 is 26.0 Å². The lowest BCUT2D eigenvalue weighted by molar-refractivity contribution is -0.137. The monoisotopic (exact) mass is 334 g/mol. The third-order valence-corrected chi connectivity index (χ3v) is 5.13. The van der Waals surface area contributed by atoms with E-state index in [0.29, 0.717) is 4.31 Å². The molecular weight excluding hydrogens is 320 g/mol. The number of sulfonamides is 2. The van der Waals surface area contributed by atoms with Crippen LogP contribution in [0.3, 0.4) is 0 Å². The molecular formula is C11H14N2O6S2. The molecule has 0 fully saturated rings. The quantitative estimate of drug-likeness (QED) is 0.651. The largest absolute Gasteiger partial charge is 0.480 e. The molecule has 0 saturated heterocycles. The summed E-state index contributed by atoms with van der Waals surface area (Å²) in [4.78, 5) is 9.99. The van der Waals surface area contributed by atoms with Crippen molar-refractivity contribution in [3.63, 3.8) is 0 Å². The van der Waals surface area contributed by atoms with Gasteiger partial charge in [0.1, 0.15) is 6.54 Å². The Morgan fingerprint density at radius 3 is 2.33 bits per heavy atom. The van der Waals surface area contributed by atoms with Crippen molar-refractivity contribution in [2.45, 2.75) is 9.79 Å². The second kappa shape index (κ2) is 6.35. The zero-order chi connectivity index (χ0) is 16.3. The van der Waals surface area contributed by atoms with Crippen molar-refractivity contribution in [2.24, 2.45) is 5.14 Å². The number of primary sulfonamides is 1. The molecule has 1 rings (SSSR count). The Balaban J connectivity index is 3.34. The van der Waals surface area contributed by atoms with E-state index in [-0.39, 0.29) is 16.3 Å². The van der Waals surface area contributed by atoms with Gasteiger partial charge in [0.05, 0.1) is 9.79 Å². The van der Waals surface area contributed by atoms with E-state index in [9.17, 15) is 21.6 Å². The fourth-order valence-corrected chi connectivity index (χ4v) is 3.54. The van der Waals surface area contributed by atoms with Crippen molar-refractivity contribution in [3.8, 4) is 0 Å². The van der Waals surface area contributed by atoms with Crippen LogP contribution in [0, 0.1) is 0 Å². The van der Waals surface area contributed by atoms with E-state index in [2.05, 4.69) is 6.58 Å². The summed E-state index contributed by atoms with van der Waals surface area (Å²) < 4.78 is 47.8. The number of aliphatic carboxylic acids is 1. The summed E-state index contributed by atoms with van der Waals surface area (Å²) in [6.07, 6.45) is 1.23. The lowest BCUT2D eigenvalue weighted by atomic mass is 10.4. The SMILES string of the molecule is C=CCN(CC(=O)O)S(=O)(=O)c1cccc(S(N)(=O)=O)c1. The molecule has 3 N–H and O–H groups in total. The Morgan fingerprint density at radius 1 is 1.29 bits per heavy atom. The zero-order valence-electron chi connectivity index (χ0n) is 10.8. The van der Waals surface area contributed by atoms with Crippen LogP contribution in [0.1, 0.15) is 0 Å². The number of carboxylic acids is 1. The molecule has 0 aliphatic heterocycles. The number of nitrogens with zero attached hydrogens (tertiary/aromatic N) is 1. The Kier molecular flexibility index (Phi) is 5.23. The average Bonchev–Trinajstić information content (AvgIpc) is 2.37. The van der Waals surface area contributed by atoms with Crippen LogP contribution in [-0.4, -0.2) is 45.3 Å². The minimum Gasteiger partial charge on any atom is -0.480 e. The number of hydrogen-bond donors (Lipinski definition) is 2. The maximum Gasteiger partial charge on any atom is 0.318 e. The first-order valence-electron chi connectivity index (χ1n) is 5.54. The summed E-state index contributed by atoms with van der Waals surface area (Å²) in [7, 11) is -8.25. The second-order valence-corrected chi connectivity index (χ2v) is 7.50. The minimum atomic E-state index is -4.18. The van der Waals surface area contributed by atoms with Crippen LogP contribution in [0.4, 0.5) is 0 Å². The molecule has 0 heterocycles. The molecule has 8 nitrogen and oxygen atoms in total. The Labute approximate surface area is 122 Å². The van der Waals surface area contributed by atoms with Gasteiger partial charge < -0.3 is 5.11 Å². The van der Waals surface area contributed by atoms with Crippen molar-refractivity contribution in [1.82, 2.24) is 4.31 Å². The van der Waals surface area contributed by atoms with E-state index in [0.717, 1.165) is 18.2 Å². The third kappa shape index (κ3) is 4.36. The van der Waals surface area contributed by atoms with Gasteiger partial charge in [-0.05, 0) is 18.2 Å². The highest BCUT2D eigenvalue weighted by Gasteiger charge is 2.26. The van der Waals surface area contributed by atoms with Crippen LogP contribution in [-0.2, 0) is 24.8 Å². The van der Waals surface area contributed by atoms with Crippen molar-refractivity contribution in [3.05, 3.63) is 36.9 Å². The van der Waals surface area contributed by atoms with Crippen LogP contribution in [0.2, 0.25) is 0 Å². The Morgan fingerprint density at radius 2 is 1.86 bits per heavy atom. The molecule has 1 aromatic rings. The van der Waals surface area contributed by atoms with Crippen LogP contribution >= 0.6 is 0 Å². The predicted molar refractivity (Wildman–Crippen MR) is 74.4 cm³/mol. The van der Waals surface area contributed by atoms with E-state index >= 15 is 0 Å². The lowest BCUT2D eigenvalue weighted by Crippen LogP contribution is -2.35. The van der Waals surface area contributed by atoms with E-state index in [1.807, 2.05) is 0 Å². The Hall–Kier alpha value is -1.75. The molecule has 0 aromatic heterocycles. The molecule has 0 bridgehead atoms. The molecule has 1 aromatic carbocycles. The van der Waals surface area contributed by atoms with Gasteiger partial charge >= 0.3 is 5.97 Å². The summed E-state index contributed by atoms with van der Waals surface area (Å²) in [6.45, 7) is 2.36. The highest BCUT2D eigenvalue weighted by Crippen LogP contribution is 2.19. The maximum absolute atomic E-state index is 12.3. The van der Waals surface area contributed by atoms with Crippen LogP contribution in [0.5, 0.6) is 0 Å². The fraction of sp³-hybridized carbons (Fsp3) is 0.182. The lowest BCUT2D eigenvalue weighted by Gasteiger charge is -2.18. The van der Waals surface area contributed by atoms with Gasteiger partial charge in [0.15, 0.2) is 0 Å². The zero-order valence-corrected chi connectivity index (χ0v) is 12.5. The van der Waals surface area contributed by atoms with Gasteiger partial charge in [-0.2, -0.15) is 4.31 Å². The van der Waals surface area contributed by atoms with Crippen molar-refractivity contribution in [2.75, 3.05) is 13.1 Å². The number of hydrogen-bond acceptors (Lipinski definition) is 5. The predicted octanol–water partition coefficient (Wildman–Crippen LogP) is -0.405. The molecule has 0 spiro atoms. The number of nitrogens with two attached hydrogens (primary N) is 1. The molecule has 21 heavy (non-hydrogen) atoms. The van der Waals surface area contributed by atoms with Gasteiger partial charge in [0.2, 0.25) is 20.0 Å². The summed E-state index contributed by atoms with van der Waals surface area (Å²) in [6, 6.07) is 4.38.